The van der Waals surface area contributed by atoms with Gasteiger partial charge in [0.1, 0.15) is 23.3 Å². The second kappa shape index (κ2) is 12.5. The normalized spacial score (nSPS) is 18.8. The van der Waals surface area contributed by atoms with Crippen LogP contribution < -0.4 is 20.0 Å². The quantitative estimate of drug-likeness (QED) is 0.289. The van der Waals surface area contributed by atoms with Crippen LogP contribution in [0.3, 0.4) is 0 Å². The molecule has 0 radical (unpaired) electrons. The van der Waals surface area contributed by atoms with E-state index in [2.05, 4.69) is 0 Å². The number of carbonyl (C=O) groups excluding carboxylic acids is 2. The van der Waals surface area contributed by atoms with Crippen LogP contribution in [-0.4, -0.2) is 59.9 Å². The number of anilines is 2. The summed E-state index contributed by atoms with van der Waals surface area (Å²) in [6.07, 6.45) is 5.12. The van der Waals surface area contributed by atoms with Crippen molar-refractivity contribution in [2.75, 3.05) is 36.0 Å². The van der Waals surface area contributed by atoms with Crippen molar-refractivity contribution in [2.45, 2.75) is 64.0 Å². The van der Waals surface area contributed by atoms with Crippen LogP contribution in [0.5, 0.6) is 5.75 Å². The zero-order valence-electron chi connectivity index (χ0n) is 25.0. The topological polar surface area (TPSA) is 118 Å². The third-order valence-corrected chi connectivity index (χ3v) is 8.93. The summed E-state index contributed by atoms with van der Waals surface area (Å²) in [7, 11) is 0. The van der Waals surface area contributed by atoms with E-state index < -0.39 is 35.2 Å². The molecule has 3 aliphatic rings. The molecule has 1 atom stereocenters. The predicted molar refractivity (Wildman–Crippen MR) is 162 cm³/mol. The Morgan fingerprint density at radius 1 is 1.02 bits per heavy atom. The van der Waals surface area contributed by atoms with E-state index in [0.29, 0.717) is 61.8 Å². The molecule has 3 aromatic rings. The van der Waals surface area contributed by atoms with Gasteiger partial charge in [0, 0.05) is 43.2 Å². The summed E-state index contributed by atoms with van der Waals surface area (Å²) in [5.74, 6) is -2.07. The van der Waals surface area contributed by atoms with Gasteiger partial charge in [-0.1, -0.05) is 0 Å². The Morgan fingerprint density at radius 2 is 1.78 bits per heavy atom. The third kappa shape index (κ3) is 6.50. The molecule has 0 unspecified atom stereocenters. The van der Waals surface area contributed by atoms with Crippen molar-refractivity contribution in [1.29, 1.82) is 0 Å². The Balaban J connectivity index is 1.04. The van der Waals surface area contributed by atoms with Crippen molar-refractivity contribution in [1.82, 2.24) is 4.57 Å². The molecule has 10 nitrogen and oxygen atoms in total. The van der Waals surface area contributed by atoms with E-state index in [0.717, 1.165) is 31.7 Å². The number of carboxylic acid groups (broad SMARTS) is 1. The summed E-state index contributed by atoms with van der Waals surface area (Å²) >= 11 is 0. The first-order valence-electron chi connectivity index (χ1n) is 15.4. The number of nitrogens with zero attached hydrogens (tertiary/aromatic N) is 3. The number of benzene rings is 2. The molecule has 2 aromatic carbocycles. The number of halogens is 2. The summed E-state index contributed by atoms with van der Waals surface area (Å²) in [5.41, 5.74) is 0.260. The monoisotopic (exact) mass is 623 g/mol. The number of carbonyl (C=O) groups is 3. The molecule has 1 aliphatic carbocycles. The second-order valence-corrected chi connectivity index (χ2v) is 12.2. The fourth-order valence-electron chi connectivity index (χ4n) is 6.23. The number of carboxylic acids is 1. The van der Waals surface area contributed by atoms with Crippen LogP contribution in [-0.2, 0) is 9.53 Å². The first-order chi connectivity index (χ1) is 21.6. The average molecular weight is 624 g/mol. The Labute approximate surface area is 258 Å². The number of ether oxygens (including phenoxy) is 2. The van der Waals surface area contributed by atoms with Crippen molar-refractivity contribution >= 4 is 40.1 Å². The van der Waals surface area contributed by atoms with Crippen LogP contribution in [0.4, 0.5) is 25.0 Å². The average Bonchev–Trinajstić information content (AvgIpc) is 3.78. The summed E-state index contributed by atoms with van der Waals surface area (Å²) in [6.45, 7) is 3.21. The summed E-state index contributed by atoms with van der Waals surface area (Å²) in [4.78, 5) is 51.2. The highest BCUT2D eigenvalue weighted by molar-refractivity contribution is 5.93. The number of ketones is 1. The largest absolute Gasteiger partial charge is 0.491 e. The molecule has 3 heterocycles. The molecule has 1 amide bonds. The number of cyclic esters (lactones) is 1. The predicted octanol–water partition coefficient (Wildman–Crippen LogP) is 5.69. The number of rotatable bonds is 11. The number of fused-ring (bicyclic) bond motifs is 1. The van der Waals surface area contributed by atoms with E-state index in [-0.39, 0.29) is 35.1 Å². The molecule has 45 heavy (non-hydrogen) atoms. The molecule has 12 heteroatoms. The van der Waals surface area contributed by atoms with Gasteiger partial charge < -0.3 is 28.8 Å². The second-order valence-electron chi connectivity index (χ2n) is 12.2. The van der Waals surface area contributed by atoms with Gasteiger partial charge in [-0.15, -0.1) is 0 Å². The van der Waals surface area contributed by atoms with Crippen molar-refractivity contribution < 1.29 is 37.7 Å². The fraction of sp³-hybridized carbons (Fsp3) is 0.455. The minimum atomic E-state index is -1.32. The zero-order chi connectivity index (χ0) is 31.8. The Hall–Kier alpha value is -4.48. The van der Waals surface area contributed by atoms with E-state index in [1.54, 1.807) is 16.7 Å². The number of hydrogen-bond donors (Lipinski definition) is 1. The minimum Gasteiger partial charge on any atom is -0.491 e. The van der Waals surface area contributed by atoms with Gasteiger partial charge in [0.2, 0.25) is 5.43 Å². The Kier molecular flexibility index (Phi) is 8.48. The lowest BCUT2D eigenvalue weighted by atomic mass is 9.93. The number of Topliss-reactive ketones (excluding diaryl/α,β-unsaturated/α-hetero) is 1. The molecule has 6 rings (SSSR count). The van der Waals surface area contributed by atoms with E-state index in [1.165, 1.54) is 30.2 Å². The van der Waals surface area contributed by atoms with Crippen molar-refractivity contribution in [2.24, 2.45) is 5.92 Å². The number of amides is 1. The van der Waals surface area contributed by atoms with Gasteiger partial charge in [0.05, 0.1) is 30.0 Å². The van der Waals surface area contributed by atoms with Gasteiger partial charge in [0.25, 0.3) is 0 Å². The van der Waals surface area contributed by atoms with Crippen LogP contribution in [0.1, 0.15) is 68.3 Å². The molecule has 2 saturated heterocycles. The highest BCUT2D eigenvalue weighted by Gasteiger charge is 2.33. The highest BCUT2D eigenvalue weighted by atomic mass is 19.1. The molecule has 0 spiro atoms. The number of hydrogen-bond acceptors (Lipinski definition) is 7. The van der Waals surface area contributed by atoms with Crippen molar-refractivity contribution in [3.63, 3.8) is 0 Å². The SMILES string of the molecule is CC(=O)CC[C@H]1CN(c2ccc(OCCC3CCN(c4cc5c(cc4F)c(=O)c(C(=O)O)cn5C4CC4)CC3)c(F)c2)C(=O)O1. The van der Waals surface area contributed by atoms with Crippen LogP contribution in [0.15, 0.2) is 41.3 Å². The van der Waals surface area contributed by atoms with Gasteiger partial charge in [-0.05, 0) is 75.6 Å². The Bertz CT molecular complexity index is 1710. The lowest BCUT2D eigenvalue weighted by Crippen LogP contribution is -2.35. The van der Waals surface area contributed by atoms with Crippen LogP contribution in [0.2, 0.25) is 0 Å². The molecule has 0 bridgehead atoms. The number of pyridine rings is 1. The summed E-state index contributed by atoms with van der Waals surface area (Å²) < 4.78 is 43.0. The highest BCUT2D eigenvalue weighted by Crippen LogP contribution is 2.39. The standard InChI is InChI=1S/C33H35F2N3O7/c1-19(39)2-6-23-17-38(33(43)45-23)22-5-7-30(27(35)14-22)44-13-10-20-8-11-36(12-9-20)29-16-28-24(15-26(29)34)31(40)25(32(41)42)18-37(28)21-3-4-21/h5,7,14-16,18,20-21,23H,2-4,6,8-13,17H2,1H3,(H,41,42)/t23-/m0/s1. The van der Waals surface area contributed by atoms with Gasteiger partial charge in [-0.2, -0.15) is 0 Å². The van der Waals surface area contributed by atoms with Crippen LogP contribution in [0.25, 0.3) is 10.9 Å². The van der Waals surface area contributed by atoms with E-state index in [1.807, 2.05) is 4.90 Å². The molecule has 1 aromatic heterocycles. The first kappa shape index (κ1) is 30.5. The number of aromatic nitrogens is 1. The first-order valence-corrected chi connectivity index (χ1v) is 15.4. The lowest BCUT2D eigenvalue weighted by Gasteiger charge is -2.34. The molecular weight excluding hydrogens is 588 g/mol. The lowest BCUT2D eigenvalue weighted by molar-refractivity contribution is -0.117. The summed E-state index contributed by atoms with van der Waals surface area (Å²) in [6, 6.07) is 7.27. The molecule has 2 aliphatic heterocycles. The van der Waals surface area contributed by atoms with Gasteiger partial charge >= 0.3 is 12.1 Å². The smallest absolute Gasteiger partial charge is 0.414 e. The maximum Gasteiger partial charge on any atom is 0.414 e. The van der Waals surface area contributed by atoms with Crippen molar-refractivity contribution in [3.05, 3.63) is 63.9 Å². The molecule has 238 valence electrons. The van der Waals surface area contributed by atoms with E-state index in [4.69, 9.17) is 9.47 Å². The molecule has 3 fully saturated rings. The van der Waals surface area contributed by atoms with E-state index >= 15 is 4.39 Å². The maximum absolute atomic E-state index is 15.3. The van der Waals surface area contributed by atoms with Gasteiger partial charge in [-0.25, -0.2) is 18.4 Å². The van der Waals surface area contributed by atoms with Crippen LogP contribution in [0, 0.1) is 17.6 Å². The summed E-state index contributed by atoms with van der Waals surface area (Å²) in [5, 5.41) is 9.55. The Morgan fingerprint density at radius 3 is 2.44 bits per heavy atom. The zero-order valence-corrected chi connectivity index (χ0v) is 25.0. The minimum absolute atomic E-state index is 0.0154. The van der Waals surface area contributed by atoms with E-state index in [9.17, 15) is 28.7 Å². The number of aromatic carboxylic acids is 1. The van der Waals surface area contributed by atoms with Crippen LogP contribution >= 0.6 is 0 Å². The van der Waals surface area contributed by atoms with Gasteiger partial charge in [-0.3, -0.25) is 9.69 Å². The molecular formula is C33H35F2N3O7. The fourth-order valence-corrected chi connectivity index (χ4v) is 6.23. The third-order valence-electron chi connectivity index (χ3n) is 8.93. The van der Waals surface area contributed by atoms with Gasteiger partial charge in [0.15, 0.2) is 11.6 Å². The molecule has 1 N–H and O–H groups in total. The molecule has 1 saturated carbocycles. The maximum atomic E-state index is 15.3. The van der Waals surface area contributed by atoms with Crippen molar-refractivity contribution in [3.8, 4) is 5.75 Å². The number of piperidine rings is 1.